The maximum absolute atomic E-state index is 6.52. The monoisotopic (exact) mass is 436 g/mol. The lowest BCUT2D eigenvalue weighted by Crippen LogP contribution is -2.33. The molecule has 1 fully saturated rings. The largest absolute Gasteiger partial charge is 0.405 e. The summed E-state index contributed by atoms with van der Waals surface area (Å²) in [5.41, 5.74) is 11.1. The predicted octanol–water partition coefficient (Wildman–Crippen LogP) is 5.45. The highest BCUT2D eigenvalue weighted by Gasteiger charge is 2.34. The molecule has 1 aliphatic heterocycles. The summed E-state index contributed by atoms with van der Waals surface area (Å²) >= 11 is 6.52. The van der Waals surface area contributed by atoms with Crippen molar-refractivity contribution in [2.75, 3.05) is 13.1 Å². The van der Waals surface area contributed by atoms with Crippen molar-refractivity contribution < 1.29 is 0 Å². The minimum Gasteiger partial charge on any atom is -0.405 e. The van der Waals surface area contributed by atoms with Gasteiger partial charge in [-0.3, -0.25) is 0 Å². The van der Waals surface area contributed by atoms with Gasteiger partial charge in [-0.15, -0.1) is 0 Å². The molecule has 0 bridgehead atoms. The third-order valence-corrected chi connectivity index (χ3v) is 7.20. The van der Waals surface area contributed by atoms with E-state index < -0.39 is 0 Å². The van der Waals surface area contributed by atoms with Crippen LogP contribution in [-0.4, -0.2) is 22.6 Å². The quantitative estimate of drug-likeness (QED) is 0.655. The van der Waals surface area contributed by atoms with Crippen LogP contribution in [0.3, 0.4) is 0 Å². The van der Waals surface area contributed by atoms with Gasteiger partial charge in [0.2, 0.25) is 0 Å². The van der Waals surface area contributed by atoms with E-state index in [0.717, 1.165) is 36.9 Å². The van der Waals surface area contributed by atoms with Gasteiger partial charge in [0.05, 0.1) is 0 Å². The van der Waals surface area contributed by atoms with Gasteiger partial charge in [0, 0.05) is 24.0 Å². The number of fused-ring (bicyclic) bond motifs is 1. The standard InChI is InChI=1S/C26H33ClN4/c1-18-21(4-3-10-28)16-22(9-14-31-15-13-30-19(31)2)25-17-23(27)5-6-24(25)26(18)20-7-11-29-12-8-20/h3-6,10,13,15-18,20,26,29H,7-9,11-12,14,28H2,1-2H3/b10-3-,21-4-. The lowest BCUT2D eigenvalue weighted by Gasteiger charge is -2.35. The third kappa shape index (κ3) is 4.81. The van der Waals surface area contributed by atoms with E-state index in [9.17, 15) is 0 Å². The van der Waals surface area contributed by atoms with E-state index in [1.54, 1.807) is 6.20 Å². The molecule has 1 aromatic heterocycles. The zero-order valence-electron chi connectivity index (χ0n) is 18.5. The third-order valence-electron chi connectivity index (χ3n) is 6.96. The summed E-state index contributed by atoms with van der Waals surface area (Å²) in [6.45, 7) is 7.52. The molecule has 2 heterocycles. The van der Waals surface area contributed by atoms with E-state index in [4.69, 9.17) is 17.3 Å². The average Bonchev–Trinajstić information content (AvgIpc) is 3.15. The lowest BCUT2D eigenvalue weighted by atomic mass is 9.71. The molecule has 2 unspecified atom stereocenters. The number of benzene rings is 1. The Morgan fingerprint density at radius 1 is 1.29 bits per heavy atom. The molecule has 5 heteroatoms. The Hall–Kier alpha value is -2.30. The second kappa shape index (κ2) is 9.88. The van der Waals surface area contributed by atoms with Gasteiger partial charge < -0.3 is 15.6 Å². The van der Waals surface area contributed by atoms with Gasteiger partial charge in [-0.25, -0.2) is 4.98 Å². The van der Waals surface area contributed by atoms with Crippen molar-refractivity contribution in [3.05, 3.63) is 82.6 Å². The second-order valence-electron chi connectivity index (χ2n) is 8.77. The first-order chi connectivity index (χ1) is 15.1. The van der Waals surface area contributed by atoms with Gasteiger partial charge in [0.1, 0.15) is 5.82 Å². The molecule has 3 N–H and O–H groups in total. The maximum atomic E-state index is 6.52. The summed E-state index contributed by atoms with van der Waals surface area (Å²) in [4.78, 5) is 4.38. The smallest absolute Gasteiger partial charge is 0.105 e. The van der Waals surface area contributed by atoms with Crippen LogP contribution in [0.4, 0.5) is 0 Å². The normalized spacial score (nSPS) is 23.7. The van der Waals surface area contributed by atoms with Gasteiger partial charge in [-0.1, -0.05) is 36.7 Å². The highest BCUT2D eigenvalue weighted by Crippen LogP contribution is 2.47. The first-order valence-electron chi connectivity index (χ1n) is 11.4. The summed E-state index contributed by atoms with van der Waals surface area (Å²) in [6.07, 6.45) is 15.4. The van der Waals surface area contributed by atoms with Crippen molar-refractivity contribution >= 4 is 17.2 Å². The number of imidazole rings is 1. The summed E-state index contributed by atoms with van der Waals surface area (Å²) in [5, 5.41) is 4.33. The number of rotatable bonds is 5. The Morgan fingerprint density at radius 3 is 2.81 bits per heavy atom. The first kappa shape index (κ1) is 21.9. The van der Waals surface area contributed by atoms with Crippen LogP contribution < -0.4 is 11.1 Å². The Morgan fingerprint density at radius 2 is 2.10 bits per heavy atom. The molecule has 164 valence electrons. The Balaban J connectivity index is 1.79. The molecule has 31 heavy (non-hydrogen) atoms. The molecule has 1 saturated heterocycles. The molecule has 4 rings (SSSR count). The number of nitrogens with zero attached hydrogens (tertiary/aromatic N) is 2. The summed E-state index contributed by atoms with van der Waals surface area (Å²) in [7, 11) is 0. The van der Waals surface area contributed by atoms with Crippen LogP contribution in [-0.2, 0) is 6.54 Å². The van der Waals surface area contributed by atoms with Crippen molar-refractivity contribution in [1.29, 1.82) is 0 Å². The molecule has 1 aliphatic carbocycles. The van der Waals surface area contributed by atoms with E-state index in [1.807, 2.05) is 12.3 Å². The van der Waals surface area contributed by atoms with Crippen molar-refractivity contribution in [2.24, 2.45) is 17.6 Å². The second-order valence-corrected chi connectivity index (χ2v) is 9.21. The van der Waals surface area contributed by atoms with E-state index in [0.29, 0.717) is 17.8 Å². The minimum atomic E-state index is 0.409. The van der Waals surface area contributed by atoms with E-state index in [-0.39, 0.29) is 0 Å². The molecule has 4 nitrogen and oxygen atoms in total. The predicted molar refractivity (Wildman–Crippen MR) is 130 cm³/mol. The van der Waals surface area contributed by atoms with Crippen LogP contribution >= 0.6 is 11.6 Å². The summed E-state index contributed by atoms with van der Waals surface area (Å²) < 4.78 is 2.22. The van der Waals surface area contributed by atoms with E-state index >= 15 is 0 Å². The number of halogens is 1. The molecule has 2 aromatic rings. The molecule has 0 spiro atoms. The van der Waals surface area contributed by atoms with Crippen molar-refractivity contribution in [3.8, 4) is 0 Å². The van der Waals surface area contributed by atoms with Gasteiger partial charge in [-0.2, -0.15) is 0 Å². The fraction of sp³-hybridized carbons (Fsp3) is 0.423. The van der Waals surface area contributed by atoms with Crippen LogP contribution in [0.15, 0.2) is 60.6 Å². The molecular formula is C26H33ClN4. The maximum Gasteiger partial charge on any atom is 0.105 e. The summed E-state index contributed by atoms with van der Waals surface area (Å²) in [6, 6.07) is 6.51. The number of nitrogens with two attached hydrogens (primary N) is 1. The number of piperidine rings is 1. The number of hydrogen-bond acceptors (Lipinski definition) is 3. The van der Waals surface area contributed by atoms with Crippen molar-refractivity contribution in [3.63, 3.8) is 0 Å². The van der Waals surface area contributed by atoms with E-state index in [1.165, 1.54) is 35.1 Å². The molecule has 0 radical (unpaired) electrons. The summed E-state index contributed by atoms with van der Waals surface area (Å²) in [5.74, 6) is 2.58. The molecule has 0 saturated carbocycles. The van der Waals surface area contributed by atoms with Crippen LogP contribution in [0.5, 0.6) is 0 Å². The van der Waals surface area contributed by atoms with Gasteiger partial charge in [0.25, 0.3) is 0 Å². The molecule has 1 aromatic carbocycles. The van der Waals surface area contributed by atoms with Gasteiger partial charge >= 0.3 is 0 Å². The Bertz CT molecular complexity index is 995. The topological polar surface area (TPSA) is 55.9 Å². The first-order valence-corrected chi connectivity index (χ1v) is 11.7. The Kier molecular flexibility index (Phi) is 6.99. The SMILES string of the molecule is Cc1nccn1CCC1=C/C(=C/C=C\N)C(C)C(C2CCNCC2)c2ccc(Cl)cc21. The molecular weight excluding hydrogens is 404 g/mol. The van der Waals surface area contributed by atoms with Crippen molar-refractivity contribution in [2.45, 2.75) is 45.6 Å². The highest BCUT2D eigenvalue weighted by atomic mass is 35.5. The van der Waals surface area contributed by atoms with Crippen LogP contribution in [0, 0.1) is 18.8 Å². The van der Waals surface area contributed by atoms with Gasteiger partial charge in [-0.05, 0) is 104 Å². The number of nitrogens with one attached hydrogen (secondary N) is 1. The fourth-order valence-electron chi connectivity index (χ4n) is 5.30. The van der Waals surface area contributed by atoms with Crippen LogP contribution in [0.2, 0.25) is 5.02 Å². The lowest BCUT2D eigenvalue weighted by molar-refractivity contribution is 0.281. The van der Waals surface area contributed by atoms with Crippen molar-refractivity contribution in [1.82, 2.24) is 14.9 Å². The molecule has 2 aliphatic rings. The minimum absolute atomic E-state index is 0.409. The number of aromatic nitrogens is 2. The number of aryl methyl sites for hydroxylation is 2. The zero-order chi connectivity index (χ0) is 21.8. The van der Waals surface area contributed by atoms with Crippen LogP contribution in [0.1, 0.15) is 49.1 Å². The fourth-order valence-corrected chi connectivity index (χ4v) is 5.48. The van der Waals surface area contributed by atoms with Gasteiger partial charge in [0.15, 0.2) is 0 Å². The average molecular weight is 437 g/mol. The zero-order valence-corrected chi connectivity index (χ0v) is 19.3. The number of hydrogen-bond donors (Lipinski definition) is 2. The van der Waals surface area contributed by atoms with E-state index in [2.05, 4.69) is 65.3 Å². The molecule has 2 atom stereocenters. The highest BCUT2D eigenvalue weighted by molar-refractivity contribution is 6.30. The molecule has 0 amide bonds. The number of allylic oxidation sites excluding steroid dienone is 5. The Labute approximate surface area is 190 Å². The van der Waals surface area contributed by atoms with Crippen LogP contribution in [0.25, 0.3) is 5.57 Å².